The van der Waals surface area contributed by atoms with Crippen LogP contribution in [-0.4, -0.2) is 30.3 Å². The average Bonchev–Trinajstić information content (AvgIpc) is 2.81. The van der Waals surface area contributed by atoms with E-state index in [2.05, 4.69) is 30.9 Å². The highest BCUT2D eigenvalue weighted by atomic mass is 16.1. The van der Waals surface area contributed by atoms with Crippen LogP contribution in [0, 0.1) is 0 Å². The number of hydrogen-bond acceptors (Lipinski definition) is 2. The fourth-order valence-corrected chi connectivity index (χ4v) is 3.00. The summed E-state index contributed by atoms with van der Waals surface area (Å²) in [5.41, 5.74) is 3.62. The molecule has 98 valence electrons. The van der Waals surface area contributed by atoms with Gasteiger partial charge in [-0.3, -0.25) is 9.69 Å². The van der Waals surface area contributed by atoms with Gasteiger partial charge in [-0.25, -0.2) is 0 Å². The molecule has 2 rings (SSSR count). The molecule has 0 N–H and O–H groups in total. The van der Waals surface area contributed by atoms with Crippen LogP contribution < -0.4 is 0 Å². The number of aldehydes is 1. The second-order valence-electron chi connectivity index (χ2n) is 5.24. The summed E-state index contributed by atoms with van der Waals surface area (Å²) in [6, 6.07) is 6.79. The fraction of sp³-hybridized carbons (Fsp3) is 0.562. The van der Waals surface area contributed by atoms with Crippen LogP contribution in [0.1, 0.15) is 48.2 Å². The molecule has 1 aromatic rings. The van der Waals surface area contributed by atoms with E-state index in [0.717, 1.165) is 24.7 Å². The maximum atomic E-state index is 10.8. The Morgan fingerprint density at radius 2 is 1.83 bits per heavy atom. The predicted octanol–water partition coefficient (Wildman–Crippen LogP) is 3.09. The van der Waals surface area contributed by atoms with Crippen LogP contribution in [0.3, 0.4) is 0 Å². The van der Waals surface area contributed by atoms with Crippen molar-refractivity contribution in [2.45, 2.75) is 45.6 Å². The Kier molecular flexibility index (Phi) is 4.54. The topological polar surface area (TPSA) is 20.3 Å². The van der Waals surface area contributed by atoms with Crippen molar-refractivity contribution in [2.24, 2.45) is 0 Å². The molecule has 1 aliphatic rings. The van der Waals surface area contributed by atoms with Gasteiger partial charge in [0, 0.05) is 11.6 Å². The number of benzene rings is 1. The van der Waals surface area contributed by atoms with Gasteiger partial charge in [-0.2, -0.15) is 0 Å². The number of fused-ring (bicyclic) bond motifs is 1. The SMILES string of the molecule is CCCN(CCC)C1Cc2ccc(C=O)cc2C1. The van der Waals surface area contributed by atoms with Crippen molar-refractivity contribution < 1.29 is 4.79 Å². The fourth-order valence-electron chi connectivity index (χ4n) is 3.00. The Hall–Kier alpha value is -1.15. The predicted molar refractivity (Wildman–Crippen MR) is 75.2 cm³/mol. The molecule has 1 aromatic carbocycles. The second kappa shape index (κ2) is 6.14. The third-order valence-corrected chi connectivity index (χ3v) is 3.82. The van der Waals surface area contributed by atoms with Gasteiger partial charge in [0.25, 0.3) is 0 Å². The van der Waals surface area contributed by atoms with Crippen molar-refractivity contribution in [1.82, 2.24) is 4.90 Å². The van der Waals surface area contributed by atoms with Crippen LogP contribution in [0.2, 0.25) is 0 Å². The van der Waals surface area contributed by atoms with Gasteiger partial charge in [-0.15, -0.1) is 0 Å². The number of carbonyl (C=O) groups is 1. The molecule has 0 radical (unpaired) electrons. The maximum absolute atomic E-state index is 10.8. The molecule has 0 heterocycles. The molecule has 2 nitrogen and oxygen atoms in total. The Bertz CT molecular complexity index is 408. The summed E-state index contributed by atoms with van der Waals surface area (Å²) in [6.45, 7) is 6.87. The minimum atomic E-state index is 0.641. The lowest BCUT2D eigenvalue weighted by Gasteiger charge is -2.27. The van der Waals surface area contributed by atoms with Crippen molar-refractivity contribution in [3.63, 3.8) is 0 Å². The van der Waals surface area contributed by atoms with Crippen molar-refractivity contribution in [3.8, 4) is 0 Å². The van der Waals surface area contributed by atoms with E-state index in [9.17, 15) is 4.79 Å². The first-order chi connectivity index (χ1) is 8.78. The van der Waals surface area contributed by atoms with Crippen molar-refractivity contribution in [3.05, 3.63) is 34.9 Å². The number of rotatable bonds is 6. The molecule has 0 amide bonds. The minimum Gasteiger partial charge on any atom is -0.300 e. The quantitative estimate of drug-likeness (QED) is 0.718. The molecule has 1 aliphatic carbocycles. The summed E-state index contributed by atoms with van der Waals surface area (Å²) >= 11 is 0. The second-order valence-corrected chi connectivity index (χ2v) is 5.24. The van der Waals surface area contributed by atoms with E-state index in [4.69, 9.17) is 0 Å². The van der Waals surface area contributed by atoms with E-state index in [1.54, 1.807) is 0 Å². The zero-order valence-electron chi connectivity index (χ0n) is 11.5. The molecule has 0 fully saturated rings. The van der Waals surface area contributed by atoms with Gasteiger partial charge >= 0.3 is 0 Å². The largest absolute Gasteiger partial charge is 0.300 e. The van der Waals surface area contributed by atoms with Crippen LogP contribution in [0.25, 0.3) is 0 Å². The van der Waals surface area contributed by atoms with Crippen LogP contribution in [0.5, 0.6) is 0 Å². The third-order valence-electron chi connectivity index (χ3n) is 3.82. The smallest absolute Gasteiger partial charge is 0.150 e. The lowest BCUT2D eigenvalue weighted by molar-refractivity contribution is 0.112. The highest BCUT2D eigenvalue weighted by molar-refractivity contribution is 5.75. The molecule has 0 saturated carbocycles. The van der Waals surface area contributed by atoms with E-state index in [0.29, 0.717) is 6.04 Å². The molecule has 1 atom stereocenters. The van der Waals surface area contributed by atoms with Crippen LogP contribution >= 0.6 is 0 Å². The maximum Gasteiger partial charge on any atom is 0.150 e. The molecule has 0 saturated heterocycles. The zero-order chi connectivity index (χ0) is 13.0. The number of carbonyl (C=O) groups excluding carboxylic acids is 1. The van der Waals surface area contributed by atoms with Crippen molar-refractivity contribution >= 4 is 6.29 Å². The third kappa shape index (κ3) is 2.81. The minimum absolute atomic E-state index is 0.641. The monoisotopic (exact) mass is 245 g/mol. The highest BCUT2D eigenvalue weighted by Crippen LogP contribution is 2.26. The van der Waals surface area contributed by atoms with Crippen molar-refractivity contribution in [1.29, 1.82) is 0 Å². The summed E-state index contributed by atoms with van der Waals surface area (Å²) < 4.78 is 0. The zero-order valence-corrected chi connectivity index (χ0v) is 11.5. The van der Waals surface area contributed by atoms with Gasteiger partial charge in [0.1, 0.15) is 6.29 Å². The number of nitrogens with zero attached hydrogens (tertiary/aromatic N) is 1. The highest BCUT2D eigenvalue weighted by Gasteiger charge is 2.25. The molecule has 18 heavy (non-hydrogen) atoms. The number of hydrogen-bond donors (Lipinski definition) is 0. The molecular weight excluding hydrogens is 222 g/mol. The average molecular weight is 245 g/mol. The van der Waals surface area contributed by atoms with Crippen LogP contribution in [-0.2, 0) is 12.8 Å². The molecule has 0 aromatic heterocycles. The van der Waals surface area contributed by atoms with Gasteiger partial charge < -0.3 is 0 Å². The summed E-state index contributed by atoms with van der Waals surface area (Å²) in [5, 5.41) is 0. The lowest BCUT2D eigenvalue weighted by Crippen LogP contribution is -2.37. The molecule has 0 spiro atoms. The van der Waals surface area contributed by atoms with Gasteiger partial charge in [0.15, 0.2) is 0 Å². The molecular formula is C16H23NO. The molecule has 0 aliphatic heterocycles. The normalized spacial score (nSPS) is 18.1. The standard InChI is InChI=1S/C16H23NO/c1-3-7-17(8-4-2)16-10-14-6-5-13(12-18)9-15(14)11-16/h5-6,9,12,16H,3-4,7-8,10-11H2,1-2H3. The van der Waals surface area contributed by atoms with Crippen molar-refractivity contribution in [2.75, 3.05) is 13.1 Å². The first-order valence-electron chi connectivity index (χ1n) is 7.09. The van der Waals surface area contributed by atoms with Gasteiger partial charge in [-0.1, -0.05) is 26.0 Å². The summed E-state index contributed by atoms with van der Waals surface area (Å²) in [5.74, 6) is 0. The molecule has 0 bridgehead atoms. The first-order valence-corrected chi connectivity index (χ1v) is 7.09. The summed E-state index contributed by atoms with van der Waals surface area (Å²) in [4.78, 5) is 13.4. The first kappa shape index (κ1) is 13.3. The van der Waals surface area contributed by atoms with Crippen LogP contribution in [0.4, 0.5) is 0 Å². The van der Waals surface area contributed by atoms with Gasteiger partial charge in [0.2, 0.25) is 0 Å². The summed E-state index contributed by atoms with van der Waals surface area (Å²) in [6.07, 6.45) is 5.63. The Labute approximate surface area is 110 Å². The van der Waals surface area contributed by atoms with E-state index >= 15 is 0 Å². The summed E-state index contributed by atoms with van der Waals surface area (Å²) in [7, 11) is 0. The van der Waals surface area contributed by atoms with E-state index < -0.39 is 0 Å². The Morgan fingerprint density at radius 1 is 1.17 bits per heavy atom. The van der Waals surface area contributed by atoms with Gasteiger partial charge in [0.05, 0.1) is 0 Å². The van der Waals surface area contributed by atoms with E-state index in [1.165, 1.54) is 37.1 Å². The van der Waals surface area contributed by atoms with Gasteiger partial charge in [-0.05, 0) is 56.0 Å². The molecule has 1 unspecified atom stereocenters. The Balaban J connectivity index is 2.09. The molecule has 2 heteroatoms. The van der Waals surface area contributed by atoms with Crippen LogP contribution in [0.15, 0.2) is 18.2 Å². The lowest BCUT2D eigenvalue weighted by atomic mass is 10.1. The van der Waals surface area contributed by atoms with E-state index in [-0.39, 0.29) is 0 Å². The van der Waals surface area contributed by atoms with E-state index in [1.807, 2.05) is 6.07 Å². The Morgan fingerprint density at radius 3 is 2.44 bits per heavy atom.